The van der Waals surface area contributed by atoms with Gasteiger partial charge in [-0.05, 0) is 19.1 Å². The van der Waals surface area contributed by atoms with E-state index in [1.54, 1.807) is 24.7 Å². The molecule has 0 amide bonds. The summed E-state index contributed by atoms with van der Waals surface area (Å²) in [4.78, 5) is 4.01. The van der Waals surface area contributed by atoms with E-state index in [4.69, 9.17) is 32.7 Å². The van der Waals surface area contributed by atoms with Gasteiger partial charge in [-0.25, -0.2) is 4.98 Å². The molecule has 0 bridgehead atoms. The van der Waals surface area contributed by atoms with Crippen molar-refractivity contribution in [1.82, 2.24) is 9.55 Å². The quantitative estimate of drug-likeness (QED) is 0.870. The first-order valence-electron chi connectivity index (χ1n) is 6.30. The van der Waals surface area contributed by atoms with Crippen LogP contribution >= 0.6 is 23.2 Å². The van der Waals surface area contributed by atoms with Crippen molar-refractivity contribution < 1.29 is 9.47 Å². The van der Waals surface area contributed by atoms with Gasteiger partial charge < -0.3 is 14.0 Å². The Hall–Kier alpha value is -1.07. The highest BCUT2D eigenvalue weighted by Crippen LogP contribution is 2.38. The molecule has 1 aliphatic heterocycles. The molecule has 1 aromatic heterocycles. The number of hydrogen-bond donors (Lipinski definition) is 0. The van der Waals surface area contributed by atoms with Crippen LogP contribution in [-0.4, -0.2) is 22.3 Å². The van der Waals surface area contributed by atoms with Crippen molar-refractivity contribution in [3.63, 3.8) is 0 Å². The van der Waals surface area contributed by atoms with Crippen LogP contribution in [0.4, 0.5) is 0 Å². The summed E-state index contributed by atoms with van der Waals surface area (Å²) in [5.41, 5.74) is 0.789. The Labute approximate surface area is 127 Å². The summed E-state index contributed by atoms with van der Waals surface area (Å²) >= 11 is 12.1. The molecule has 1 fully saturated rings. The van der Waals surface area contributed by atoms with Crippen LogP contribution in [-0.2, 0) is 21.8 Å². The number of nitrogens with zero attached hydrogens (tertiary/aromatic N) is 2. The van der Waals surface area contributed by atoms with E-state index >= 15 is 0 Å². The lowest BCUT2D eigenvalue weighted by Gasteiger charge is -2.25. The summed E-state index contributed by atoms with van der Waals surface area (Å²) in [7, 11) is 0. The Bertz CT molecular complexity index is 603. The van der Waals surface area contributed by atoms with Gasteiger partial charge in [0, 0.05) is 23.0 Å². The number of imidazole rings is 1. The maximum atomic E-state index is 6.23. The Balaban J connectivity index is 1.77. The first-order chi connectivity index (χ1) is 9.57. The second kappa shape index (κ2) is 5.37. The molecule has 6 heteroatoms. The standard InChI is InChI=1S/C14H14Cl2N2O2/c1-14(12-3-2-10(15)6-13(12)16)19-8-11(20-14)7-18-5-4-17-9-18/h2-6,9,11H,7-8H2,1H3/t11-,14-/m1/s1. The topological polar surface area (TPSA) is 36.3 Å². The third-order valence-electron chi connectivity index (χ3n) is 3.33. The van der Waals surface area contributed by atoms with Gasteiger partial charge in [0.15, 0.2) is 5.79 Å². The van der Waals surface area contributed by atoms with Gasteiger partial charge in [0.25, 0.3) is 0 Å². The fourth-order valence-electron chi connectivity index (χ4n) is 2.36. The molecule has 106 valence electrons. The average Bonchev–Trinajstić information content (AvgIpc) is 3.00. The monoisotopic (exact) mass is 312 g/mol. The Morgan fingerprint density at radius 2 is 2.30 bits per heavy atom. The van der Waals surface area contributed by atoms with Crippen LogP contribution in [0.3, 0.4) is 0 Å². The molecule has 3 rings (SSSR count). The van der Waals surface area contributed by atoms with Crippen LogP contribution in [0.25, 0.3) is 0 Å². The number of hydrogen-bond acceptors (Lipinski definition) is 3. The van der Waals surface area contributed by atoms with E-state index in [0.717, 1.165) is 5.56 Å². The number of ether oxygens (including phenoxy) is 2. The third kappa shape index (κ3) is 2.69. The van der Waals surface area contributed by atoms with E-state index in [0.29, 0.717) is 23.2 Å². The second-order valence-corrected chi connectivity index (χ2v) is 5.72. The fraction of sp³-hybridized carbons (Fsp3) is 0.357. The molecule has 1 aromatic carbocycles. The molecular weight excluding hydrogens is 299 g/mol. The molecule has 0 unspecified atom stereocenters. The van der Waals surface area contributed by atoms with E-state index in [1.165, 1.54) is 0 Å². The molecule has 1 aliphatic rings. The van der Waals surface area contributed by atoms with E-state index in [2.05, 4.69) is 4.98 Å². The second-order valence-electron chi connectivity index (χ2n) is 4.88. The van der Waals surface area contributed by atoms with Gasteiger partial charge in [0.2, 0.25) is 0 Å². The van der Waals surface area contributed by atoms with Crippen molar-refractivity contribution in [1.29, 1.82) is 0 Å². The van der Waals surface area contributed by atoms with Crippen molar-refractivity contribution in [3.8, 4) is 0 Å². The first-order valence-corrected chi connectivity index (χ1v) is 7.05. The maximum absolute atomic E-state index is 6.23. The Kier molecular flexibility index (Phi) is 3.73. The summed E-state index contributed by atoms with van der Waals surface area (Å²) in [6.45, 7) is 3.07. The van der Waals surface area contributed by atoms with Gasteiger partial charge in [0.1, 0.15) is 6.10 Å². The first kappa shape index (κ1) is 13.9. The molecule has 4 nitrogen and oxygen atoms in total. The molecular formula is C14H14Cl2N2O2. The van der Waals surface area contributed by atoms with E-state index in [-0.39, 0.29) is 6.10 Å². The van der Waals surface area contributed by atoms with Crippen LogP contribution in [0.1, 0.15) is 12.5 Å². The summed E-state index contributed by atoms with van der Waals surface area (Å²) in [5.74, 6) is -0.840. The molecule has 0 N–H and O–H groups in total. The lowest BCUT2D eigenvalue weighted by Crippen LogP contribution is -2.25. The van der Waals surface area contributed by atoms with E-state index in [9.17, 15) is 0 Å². The smallest absolute Gasteiger partial charge is 0.193 e. The van der Waals surface area contributed by atoms with Gasteiger partial charge in [0.05, 0.1) is 24.5 Å². The molecule has 2 heterocycles. The van der Waals surface area contributed by atoms with Gasteiger partial charge in [-0.1, -0.05) is 29.3 Å². The third-order valence-corrected chi connectivity index (χ3v) is 3.88. The lowest BCUT2D eigenvalue weighted by atomic mass is 10.1. The molecule has 2 atom stereocenters. The number of halogens is 2. The highest BCUT2D eigenvalue weighted by molar-refractivity contribution is 6.35. The number of benzene rings is 1. The fourth-order valence-corrected chi connectivity index (χ4v) is 2.94. The van der Waals surface area contributed by atoms with Crippen LogP contribution in [0.2, 0.25) is 10.0 Å². The molecule has 0 saturated carbocycles. The predicted octanol–water partition coefficient (Wildman–Crippen LogP) is 3.48. The highest BCUT2D eigenvalue weighted by Gasteiger charge is 2.40. The lowest BCUT2D eigenvalue weighted by molar-refractivity contribution is -0.162. The van der Waals surface area contributed by atoms with Crippen molar-refractivity contribution in [2.45, 2.75) is 25.4 Å². The summed E-state index contributed by atoms with van der Waals surface area (Å²) in [5, 5.41) is 1.14. The van der Waals surface area contributed by atoms with Gasteiger partial charge in [-0.15, -0.1) is 0 Å². The largest absolute Gasteiger partial charge is 0.343 e. The van der Waals surface area contributed by atoms with Crippen LogP contribution in [0.15, 0.2) is 36.9 Å². The zero-order chi connectivity index (χ0) is 14.2. The predicted molar refractivity (Wildman–Crippen MR) is 76.9 cm³/mol. The average molecular weight is 313 g/mol. The molecule has 2 aromatic rings. The molecule has 0 aliphatic carbocycles. The Morgan fingerprint density at radius 1 is 1.45 bits per heavy atom. The number of rotatable bonds is 3. The van der Waals surface area contributed by atoms with Crippen LogP contribution in [0, 0.1) is 0 Å². The minimum atomic E-state index is -0.840. The number of aromatic nitrogens is 2. The molecule has 0 spiro atoms. The molecule has 1 saturated heterocycles. The van der Waals surface area contributed by atoms with Crippen molar-refractivity contribution >= 4 is 23.2 Å². The Morgan fingerprint density at radius 3 is 3.00 bits per heavy atom. The normalized spacial score (nSPS) is 26.1. The minimum absolute atomic E-state index is 0.0408. The summed E-state index contributed by atoms with van der Waals surface area (Å²) in [6.07, 6.45) is 5.36. The van der Waals surface area contributed by atoms with Gasteiger partial charge >= 0.3 is 0 Å². The van der Waals surface area contributed by atoms with Crippen molar-refractivity contribution in [3.05, 3.63) is 52.5 Å². The zero-order valence-corrected chi connectivity index (χ0v) is 12.4. The van der Waals surface area contributed by atoms with Crippen molar-refractivity contribution in [2.75, 3.05) is 6.61 Å². The molecule has 0 radical (unpaired) electrons. The van der Waals surface area contributed by atoms with Crippen molar-refractivity contribution in [2.24, 2.45) is 0 Å². The summed E-state index contributed by atoms with van der Waals surface area (Å²) in [6, 6.07) is 5.31. The SMILES string of the molecule is C[C@@]1(c2ccc(Cl)cc2Cl)OC[C@@H](Cn2ccnc2)O1. The zero-order valence-electron chi connectivity index (χ0n) is 10.9. The summed E-state index contributed by atoms with van der Waals surface area (Å²) < 4.78 is 13.8. The van der Waals surface area contributed by atoms with E-state index < -0.39 is 5.79 Å². The maximum Gasteiger partial charge on any atom is 0.193 e. The van der Waals surface area contributed by atoms with Crippen LogP contribution in [0.5, 0.6) is 0 Å². The van der Waals surface area contributed by atoms with E-state index in [1.807, 2.05) is 23.8 Å². The minimum Gasteiger partial charge on any atom is -0.343 e. The highest BCUT2D eigenvalue weighted by atomic mass is 35.5. The van der Waals surface area contributed by atoms with Gasteiger partial charge in [-0.2, -0.15) is 0 Å². The molecule has 20 heavy (non-hydrogen) atoms. The van der Waals surface area contributed by atoms with Gasteiger partial charge in [-0.3, -0.25) is 0 Å². The van der Waals surface area contributed by atoms with Crippen LogP contribution < -0.4 is 0 Å².